The molecule has 1 aromatic heterocycles. The van der Waals surface area contributed by atoms with Crippen molar-refractivity contribution >= 4 is 5.91 Å². The van der Waals surface area contributed by atoms with Crippen LogP contribution in [0.15, 0.2) is 42.7 Å². The minimum Gasteiger partial charge on any atom is -0.366 e. The standard InChI is InChI=1S/C14H17N3O/c1-17-6-5-12(10-17)9-16-8-11-3-2-4-13(7-11)14(15)18/h2-7,10,16H,8-9H2,1H3,(H2,15,18). The molecule has 0 spiro atoms. The number of rotatable bonds is 5. The van der Waals surface area contributed by atoms with Crippen LogP contribution in [0.1, 0.15) is 21.5 Å². The van der Waals surface area contributed by atoms with Crippen molar-refractivity contribution < 1.29 is 4.79 Å². The SMILES string of the molecule is Cn1ccc(CNCc2cccc(C(N)=O)c2)c1. The van der Waals surface area contributed by atoms with E-state index < -0.39 is 0 Å². The molecule has 0 bridgehead atoms. The zero-order valence-corrected chi connectivity index (χ0v) is 10.4. The molecule has 0 saturated heterocycles. The zero-order valence-electron chi connectivity index (χ0n) is 10.4. The van der Waals surface area contributed by atoms with Crippen LogP contribution in [0.4, 0.5) is 0 Å². The Kier molecular flexibility index (Phi) is 3.79. The molecule has 2 rings (SSSR count). The average molecular weight is 243 g/mol. The fraction of sp³-hybridized carbons (Fsp3) is 0.214. The largest absolute Gasteiger partial charge is 0.366 e. The van der Waals surface area contributed by atoms with Crippen molar-refractivity contribution in [1.29, 1.82) is 0 Å². The molecule has 2 aromatic rings. The molecule has 0 unspecified atom stereocenters. The molecule has 0 aliphatic rings. The monoisotopic (exact) mass is 243 g/mol. The maximum atomic E-state index is 11.1. The van der Waals surface area contributed by atoms with Gasteiger partial charge in [0.25, 0.3) is 0 Å². The third-order valence-corrected chi connectivity index (χ3v) is 2.76. The lowest BCUT2D eigenvalue weighted by molar-refractivity contribution is 0.1000. The van der Waals surface area contributed by atoms with Crippen LogP contribution in [0.3, 0.4) is 0 Å². The van der Waals surface area contributed by atoms with Crippen LogP contribution >= 0.6 is 0 Å². The van der Waals surface area contributed by atoms with E-state index >= 15 is 0 Å². The van der Waals surface area contributed by atoms with Crippen molar-refractivity contribution in [1.82, 2.24) is 9.88 Å². The second-order valence-corrected chi connectivity index (χ2v) is 4.35. The first kappa shape index (κ1) is 12.4. The lowest BCUT2D eigenvalue weighted by Gasteiger charge is -2.05. The summed E-state index contributed by atoms with van der Waals surface area (Å²) in [6.07, 6.45) is 4.09. The zero-order chi connectivity index (χ0) is 13.0. The highest BCUT2D eigenvalue weighted by molar-refractivity contribution is 5.92. The number of hydrogen-bond acceptors (Lipinski definition) is 2. The van der Waals surface area contributed by atoms with E-state index in [9.17, 15) is 4.79 Å². The summed E-state index contributed by atoms with van der Waals surface area (Å²) in [4.78, 5) is 11.1. The highest BCUT2D eigenvalue weighted by atomic mass is 16.1. The quantitative estimate of drug-likeness (QED) is 0.834. The molecule has 1 aromatic carbocycles. The number of nitrogens with two attached hydrogens (primary N) is 1. The van der Waals surface area contributed by atoms with Gasteiger partial charge < -0.3 is 15.6 Å². The number of nitrogens with one attached hydrogen (secondary N) is 1. The van der Waals surface area contributed by atoms with Crippen LogP contribution in [0.5, 0.6) is 0 Å². The van der Waals surface area contributed by atoms with E-state index in [0.717, 1.165) is 18.7 Å². The van der Waals surface area contributed by atoms with E-state index in [1.165, 1.54) is 5.56 Å². The maximum absolute atomic E-state index is 11.1. The third kappa shape index (κ3) is 3.21. The average Bonchev–Trinajstić information content (AvgIpc) is 2.75. The number of aromatic nitrogens is 1. The number of primary amides is 1. The second-order valence-electron chi connectivity index (χ2n) is 4.35. The van der Waals surface area contributed by atoms with Gasteiger partial charge in [-0.3, -0.25) is 4.79 Å². The molecule has 0 fully saturated rings. The Bertz CT molecular complexity index is 545. The summed E-state index contributed by atoms with van der Waals surface area (Å²) in [5, 5.41) is 3.33. The van der Waals surface area contributed by atoms with Gasteiger partial charge in [0.05, 0.1) is 0 Å². The minimum atomic E-state index is -0.389. The van der Waals surface area contributed by atoms with Crippen LogP contribution < -0.4 is 11.1 Å². The van der Waals surface area contributed by atoms with Crippen LogP contribution in [0.25, 0.3) is 0 Å². The minimum absolute atomic E-state index is 0.389. The first-order valence-corrected chi connectivity index (χ1v) is 5.85. The number of nitrogens with zero attached hydrogens (tertiary/aromatic N) is 1. The fourth-order valence-electron chi connectivity index (χ4n) is 1.85. The third-order valence-electron chi connectivity index (χ3n) is 2.76. The molecule has 4 heteroatoms. The molecule has 4 nitrogen and oxygen atoms in total. The molecule has 1 amide bonds. The topological polar surface area (TPSA) is 60.1 Å². The van der Waals surface area contributed by atoms with Gasteiger partial charge in [-0.25, -0.2) is 0 Å². The summed E-state index contributed by atoms with van der Waals surface area (Å²) in [5.74, 6) is -0.389. The molecule has 18 heavy (non-hydrogen) atoms. The number of carbonyl (C=O) groups is 1. The Morgan fingerprint density at radius 2 is 2.06 bits per heavy atom. The van der Waals surface area contributed by atoms with E-state index in [-0.39, 0.29) is 5.91 Å². The molecule has 0 atom stereocenters. The predicted molar refractivity (Wildman–Crippen MR) is 70.9 cm³/mol. The Labute approximate surface area is 106 Å². The molecule has 0 aliphatic heterocycles. The van der Waals surface area contributed by atoms with Gasteiger partial charge in [0, 0.05) is 38.1 Å². The number of hydrogen-bond donors (Lipinski definition) is 2. The van der Waals surface area contributed by atoms with E-state index in [1.807, 2.05) is 36.0 Å². The van der Waals surface area contributed by atoms with Gasteiger partial charge in [-0.15, -0.1) is 0 Å². The maximum Gasteiger partial charge on any atom is 0.248 e. The van der Waals surface area contributed by atoms with Crippen molar-refractivity contribution in [2.75, 3.05) is 0 Å². The lowest BCUT2D eigenvalue weighted by Crippen LogP contribution is -2.14. The summed E-state index contributed by atoms with van der Waals surface area (Å²) in [6, 6.07) is 9.44. The predicted octanol–water partition coefficient (Wildman–Crippen LogP) is 1.41. The summed E-state index contributed by atoms with van der Waals surface area (Å²) < 4.78 is 2.02. The second kappa shape index (κ2) is 5.51. The number of amides is 1. The van der Waals surface area contributed by atoms with Gasteiger partial charge in [0.1, 0.15) is 0 Å². The van der Waals surface area contributed by atoms with E-state index in [0.29, 0.717) is 5.56 Å². The van der Waals surface area contributed by atoms with Crippen molar-refractivity contribution in [2.24, 2.45) is 12.8 Å². The van der Waals surface area contributed by atoms with Gasteiger partial charge >= 0.3 is 0 Å². The normalized spacial score (nSPS) is 10.5. The number of aryl methyl sites for hydroxylation is 1. The molecule has 1 heterocycles. The first-order chi connectivity index (χ1) is 8.65. The van der Waals surface area contributed by atoms with Gasteiger partial charge in [0.15, 0.2) is 0 Å². The fourth-order valence-corrected chi connectivity index (χ4v) is 1.85. The van der Waals surface area contributed by atoms with Gasteiger partial charge in [0.2, 0.25) is 5.91 Å². The number of benzene rings is 1. The van der Waals surface area contributed by atoms with Crippen LogP contribution in [0, 0.1) is 0 Å². The molecule has 0 aliphatic carbocycles. The lowest BCUT2D eigenvalue weighted by atomic mass is 10.1. The van der Waals surface area contributed by atoms with Crippen LogP contribution in [-0.2, 0) is 20.1 Å². The van der Waals surface area contributed by atoms with Gasteiger partial charge in [-0.05, 0) is 29.3 Å². The number of carbonyl (C=O) groups excluding carboxylic acids is 1. The van der Waals surface area contributed by atoms with Crippen molar-refractivity contribution in [3.63, 3.8) is 0 Å². The van der Waals surface area contributed by atoms with Gasteiger partial charge in [-0.1, -0.05) is 12.1 Å². The summed E-state index contributed by atoms with van der Waals surface area (Å²) in [7, 11) is 2.00. The molecule has 0 saturated carbocycles. The first-order valence-electron chi connectivity index (χ1n) is 5.85. The van der Waals surface area contributed by atoms with Crippen molar-refractivity contribution in [3.8, 4) is 0 Å². The molecular formula is C14H17N3O. The van der Waals surface area contributed by atoms with Crippen molar-refractivity contribution in [2.45, 2.75) is 13.1 Å². The molecule has 0 radical (unpaired) electrons. The summed E-state index contributed by atoms with van der Waals surface area (Å²) in [5.41, 5.74) is 8.09. The summed E-state index contributed by atoms with van der Waals surface area (Å²) >= 11 is 0. The molecule has 3 N–H and O–H groups in total. The van der Waals surface area contributed by atoms with Crippen LogP contribution in [-0.4, -0.2) is 10.5 Å². The van der Waals surface area contributed by atoms with E-state index in [2.05, 4.69) is 17.6 Å². The Hall–Kier alpha value is -2.07. The van der Waals surface area contributed by atoms with E-state index in [4.69, 9.17) is 5.73 Å². The smallest absolute Gasteiger partial charge is 0.248 e. The Balaban J connectivity index is 1.90. The van der Waals surface area contributed by atoms with E-state index in [1.54, 1.807) is 6.07 Å². The molecule has 94 valence electrons. The Morgan fingerprint density at radius 1 is 1.28 bits per heavy atom. The highest BCUT2D eigenvalue weighted by Crippen LogP contribution is 2.05. The van der Waals surface area contributed by atoms with Crippen molar-refractivity contribution in [3.05, 3.63) is 59.4 Å². The molecular weight excluding hydrogens is 226 g/mol. The van der Waals surface area contributed by atoms with Gasteiger partial charge in [-0.2, -0.15) is 0 Å². The Morgan fingerprint density at radius 3 is 2.72 bits per heavy atom. The highest BCUT2D eigenvalue weighted by Gasteiger charge is 2.01. The summed E-state index contributed by atoms with van der Waals surface area (Å²) in [6.45, 7) is 1.53. The van der Waals surface area contributed by atoms with Crippen LogP contribution in [0.2, 0.25) is 0 Å².